The van der Waals surface area contributed by atoms with E-state index in [2.05, 4.69) is 15.2 Å². The SMILES string of the molecule is Cc1noc(C)c1S(=O)(=O)NCC(=O)Nc1ccccc1C(N)=O. The molecule has 1 aromatic carbocycles. The van der Waals surface area contributed by atoms with E-state index in [4.69, 9.17) is 10.3 Å². The predicted molar refractivity (Wildman–Crippen MR) is 84.8 cm³/mol. The molecular weight excluding hydrogens is 336 g/mol. The average Bonchev–Trinajstić information content (AvgIpc) is 2.85. The number of anilines is 1. The second-order valence-corrected chi connectivity index (χ2v) is 6.64. The van der Waals surface area contributed by atoms with Crippen molar-refractivity contribution in [2.75, 3.05) is 11.9 Å². The Morgan fingerprint density at radius 3 is 2.50 bits per heavy atom. The first-order valence-corrected chi connectivity index (χ1v) is 8.32. The van der Waals surface area contributed by atoms with E-state index in [-0.39, 0.29) is 27.6 Å². The normalized spacial score (nSPS) is 11.2. The van der Waals surface area contributed by atoms with E-state index in [1.165, 1.54) is 26.0 Å². The molecule has 0 spiro atoms. The number of sulfonamides is 1. The Bertz CT molecular complexity index is 869. The molecule has 1 heterocycles. The average molecular weight is 352 g/mol. The van der Waals surface area contributed by atoms with Crippen molar-refractivity contribution in [1.29, 1.82) is 0 Å². The Balaban J connectivity index is 2.08. The molecule has 0 fully saturated rings. The highest BCUT2D eigenvalue weighted by Gasteiger charge is 2.24. The van der Waals surface area contributed by atoms with Crippen LogP contribution in [0.3, 0.4) is 0 Å². The van der Waals surface area contributed by atoms with Gasteiger partial charge in [-0.25, -0.2) is 13.1 Å². The fraction of sp³-hybridized carbons (Fsp3) is 0.214. The molecule has 0 bridgehead atoms. The quantitative estimate of drug-likeness (QED) is 0.682. The zero-order valence-corrected chi connectivity index (χ0v) is 13.8. The van der Waals surface area contributed by atoms with E-state index >= 15 is 0 Å². The van der Waals surface area contributed by atoms with Crippen molar-refractivity contribution in [3.63, 3.8) is 0 Å². The molecule has 0 aliphatic carbocycles. The lowest BCUT2D eigenvalue weighted by molar-refractivity contribution is -0.115. The maximum Gasteiger partial charge on any atom is 0.250 e. The summed E-state index contributed by atoms with van der Waals surface area (Å²) in [7, 11) is -3.95. The van der Waals surface area contributed by atoms with Gasteiger partial charge < -0.3 is 15.6 Å². The summed E-state index contributed by atoms with van der Waals surface area (Å²) in [5, 5.41) is 6.00. The van der Waals surface area contributed by atoms with Crippen LogP contribution in [0.15, 0.2) is 33.7 Å². The largest absolute Gasteiger partial charge is 0.366 e. The molecule has 4 N–H and O–H groups in total. The van der Waals surface area contributed by atoms with Gasteiger partial charge in [-0.3, -0.25) is 9.59 Å². The summed E-state index contributed by atoms with van der Waals surface area (Å²) in [6.07, 6.45) is 0. The van der Waals surface area contributed by atoms with Gasteiger partial charge in [-0.1, -0.05) is 17.3 Å². The van der Waals surface area contributed by atoms with E-state index in [1.807, 2.05) is 0 Å². The van der Waals surface area contributed by atoms with Crippen LogP contribution in [-0.4, -0.2) is 31.9 Å². The molecule has 10 heteroatoms. The van der Waals surface area contributed by atoms with Crippen molar-refractivity contribution in [3.8, 4) is 0 Å². The van der Waals surface area contributed by atoms with Gasteiger partial charge >= 0.3 is 0 Å². The smallest absolute Gasteiger partial charge is 0.250 e. The lowest BCUT2D eigenvalue weighted by atomic mass is 10.1. The van der Waals surface area contributed by atoms with Crippen molar-refractivity contribution >= 4 is 27.5 Å². The zero-order chi connectivity index (χ0) is 17.9. The van der Waals surface area contributed by atoms with Gasteiger partial charge in [-0.15, -0.1) is 0 Å². The molecule has 0 aliphatic heterocycles. The number of rotatable bonds is 6. The van der Waals surface area contributed by atoms with Gasteiger partial charge in [0, 0.05) is 0 Å². The number of nitrogens with one attached hydrogen (secondary N) is 2. The molecule has 0 aliphatic rings. The molecule has 2 rings (SSSR count). The van der Waals surface area contributed by atoms with Crippen molar-refractivity contribution in [2.24, 2.45) is 5.73 Å². The highest BCUT2D eigenvalue weighted by Crippen LogP contribution is 2.18. The van der Waals surface area contributed by atoms with E-state index in [9.17, 15) is 18.0 Å². The Labute approximate surface area is 138 Å². The molecular formula is C14H16N4O5S. The number of nitrogens with two attached hydrogens (primary N) is 1. The standard InChI is InChI=1S/C14H16N4O5S/c1-8-13(9(2)23-18-8)24(21,22)16-7-12(19)17-11-6-4-3-5-10(11)14(15)20/h3-6,16H,7H2,1-2H3,(H2,15,20)(H,17,19). The summed E-state index contributed by atoms with van der Waals surface area (Å²) < 4.78 is 31.4. The lowest BCUT2D eigenvalue weighted by Crippen LogP contribution is -2.33. The van der Waals surface area contributed by atoms with Crippen molar-refractivity contribution in [3.05, 3.63) is 41.3 Å². The first-order chi connectivity index (χ1) is 11.2. The minimum atomic E-state index is -3.95. The second kappa shape index (κ2) is 6.81. The van der Waals surface area contributed by atoms with Gasteiger partial charge in [-0.2, -0.15) is 0 Å². The van der Waals surface area contributed by atoms with Gasteiger partial charge in [0.2, 0.25) is 15.9 Å². The Hall–Kier alpha value is -2.72. The molecule has 2 aromatic rings. The maximum atomic E-state index is 12.2. The molecule has 9 nitrogen and oxygen atoms in total. The van der Waals surface area contributed by atoms with Gasteiger partial charge in [-0.05, 0) is 26.0 Å². The topological polar surface area (TPSA) is 144 Å². The molecule has 1 aromatic heterocycles. The maximum absolute atomic E-state index is 12.2. The molecule has 24 heavy (non-hydrogen) atoms. The van der Waals surface area contributed by atoms with E-state index in [0.29, 0.717) is 0 Å². The number of hydrogen-bond donors (Lipinski definition) is 3. The van der Waals surface area contributed by atoms with E-state index in [1.54, 1.807) is 12.1 Å². The van der Waals surface area contributed by atoms with Crippen molar-refractivity contribution in [2.45, 2.75) is 18.7 Å². The fourth-order valence-corrected chi connectivity index (χ4v) is 3.40. The number of hydrogen-bond acceptors (Lipinski definition) is 6. The molecule has 0 atom stereocenters. The number of para-hydroxylation sites is 1. The third-order valence-electron chi connectivity index (χ3n) is 3.13. The number of benzene rings is 1. The van der Waals surface area contributed by atoms with Crippen LogP contribution < -0.4 is 15.8 Å². The van der Waals surface area contributed by atoms with Crippen LogP contribution in [0.4, 0.5) is 5.69 Å². The minimum Gasteiger partial charge on any atom is -0.366 e. The number of aryl methyl sites for hydroxylation is 2. The summed E-state index contributed by atoms with van der Waals surface area (Å²) >= 11 is 0. The number of aromatic nitrogens is 1. The first kappa shape index (κ1) is 17.6. The summed E-state index contributed by atoms with van der Waals surface area (Å²) in [5.74, 6) is -1.24. The molecule has 0 unspecified atom stereocenters. The highest BCUT2D eigenvalue weighted by molar-refractivity contribution is 7.89. The van der Waals surface area contributed by atoms with Gasteiger partial charge in [0.25, 0.3) is 5.91 Å². The highest BCUT2D eigenvalue weighted by atomic mass is 32.2. The number of carbonyl (C=O) groups is 2. The number of carbonyl (C=O) groups excluding carboxylic acids is 2. The van der Waals surface area contributed by atoms with Gasteiger partial charge in [0.15, 0.2) is 5.76 Å². The Morgan fingerprint density at radius 1 is 1.25 bits per heavy atom. The van der Waals surface area contributed by atoms with Crippen LogP contribution in [-0.2, 0) is 14.8 Å². The summed E-state index contributed by atoms with van der Waals surface area (Å²) in [6.45, 7) is 2.41. The summed E-state index contributed by atoms with van der Waals surface area (Å²) in [4.78, 5) is 23.1. The molecule has 128 valence electrons. The lowest BCUT2D eigenvalue weighted by Gasteiger charge is -2.10. The zero-order valence-electron chi connectivity index (χ0n) is 13.0. The van der Waals surface area contributed by atoms with Gasteiger partial charge in [0.1, 0.15) is 10.6 Å². The monoisotopic (exact) mass is 352 g/mol. The minimum absolute atomic E-state index is 0.104. The first-order valence-electron chi connectivity index (χ1n) is 6.83. The van der Waals surface area contributed by atoms with Crippen LogP contribution in [0.1, 0.15) is 21.8 Å². The number of amides is 2. The fourth-order valence-electron chi connectivity index (χ4n) is 2.09. The summed E-state index contributed by atoms with van der Waals surface area (Å²) in [6, 6.07) is 6.14. The van der Waals surface area contributed by atoms with Crippen LogP contribution in [0.25, 0.3) is 0 Å². The second-order valence-electron chi connectivity index (χ2n) is 4.94. The molecule has 0 saturated heterocycles. The van der Waals surface area contributed by atoms with Gasteiger partial charge in [0.05, 0.1) is 17.8 Å². The molecule has 2 amide bonds. The number of nitrogens with zero attached hydrogens (tertiary/aromatic N) is 1. The van der Waals surface area contributed by atoms with Crippen LogP contribution in [0.2, 0.25) is 0 Å². The Morgan fingerprint density at radius 2 is 1.92 bits per heavy atom. The van der Waals surface area contributed by atoms with Crippen LogP contribution in [0.5, 0.6) is 0 Å². The van der Waals surface area contributed by atoms with E-state index in [0.717, 1.165) is 0 Å². The van der Waals surface area contributed by atoms with E-state index < -0.39 is 28.4 Å². The number of primary amides is 1. The van der Waals surface area contributed by atoms with Crippen molar-refractivity contribution in [1.82, 2.24) is 9.88 Å². The predicted octanol–water partition coefficient (Wildman–Crippen LogP) is 0.307. The molecule has 0 saturated carbocycles. The third-order valence-corrected chi connectivity index (χ3v) is 4.77. The van der Waals surface area contributed by atoms with Crippen LogP contribution in [0, 0.1) is 13.8 Å². The summed E-state index contributed by atoms with van der Waals surface area (Å²) in [5.41, 5.74) is 5.73. The Kier molecular flexibility index (Phi) is 5.00. The van der Waals surface area contributed by atoms with Crippen molar-refractivity contribution < 1.29 is 22.5 Å². The molecule has 0 radical (unpaired) electrons. The van der Waals surface area contributed by atoms with Crippen LogP contribution >= 0.6 is 0 Å². The third kappa shape index (κ3) is 3.78.